The van der Waals surface area contributed by atoms with Crippen molar-refractivity contribution >= 4 is 11.8 Å². The standard InChI is InChI=1S/C18H22OS/c1-18(2,3)15-11-9-14(10-12-15)17(19)13-20-16-7-5-4-6-8-16/h4-12,17,19H,13H2,1-3H3. The first-order valence-corrected chi connectivity index (χ1v) is 7.92. The summed E-state index contributed by atoms with van der Waals surface area (Å²) in [7, 11) is 0. The van der Waals surface area contributed by atoms with Gasteiger partial charge in [-0.15, -0.1) is 11.8 Å². The molecule has 2 aromatic carbocycles. The Labute approximate surface area is 126 Å². The van der Waals surface area contributed by atoms with E-state index in [1.165, 1.54) is 10.5 Å². The van der Waals surface area contributed by atoms with E-state index in [1.807, 2.05) is 30.3 Å². The van der Waals surface area contributed by atoms with Crippen LogP contribution in [0, 0.1) is 0 Å². The molecule has 106 valence electrons. The Morgan fingerprint density at radius 1 is 0.950 bits per heavy atom. The van der Waals surface area contributed by atoms with E-state index in [0.29, 0.717) is 5.75 Å². The largest absolute Gasteiger partial charge is 0.388 e. The summed E-state index contributed by atoms with van der Waals surface area (Å²) in [5.41, 5.74) is 2.44. The molecule has 0 aromatic heterocycles. The smallest absolute Gasteiger partial charge is 0.0883 e. The summed E-state index contributed by atoms with van der Waals surface area (Å²) in [5, 5.41) is 10.3. The predicted molar refractivity (Wildman–Crippen MR) is 87.3 cm³/mol. The first-order valence-electron chi connectivity index (χ1n) is 6.93. The van der Waals surface area contributed by atoms with Gasteiger partial charge in [0.25, 0.3) is 0 Å². The summed E-state index contributed by atoms with van der Waals surface area (Å²) >= 11 is 1.68. The maximum Gasteiger partial charge on any atom is 0.0883 e. The fourth-order valence-electron chi connectivity index (χ4n) is 1.99. The second-order valence-electron chi connectivity index (χ2n) is 6.01. The third-order valence-electron chi connectivity index (χ3n) is 3.31. The normalized spacial score (nSPS) is 13.2. The van der Waals surface area contributed by atoms with Crippen LogP contribution in [-0.4, -0.2) is 10.9 Å². The average Bonchev–Trinajstić information content (AvgIpc) is 2.45. The second-order valence-corrected chi connectivity index (χ2v) is 7.11. The molecule has 0 bridgehead atoms. The second kappa shape index (κ2) is 6.47. The van der Waals surface area contributed by atoms with Gasteiger partial charge in [-0.2, -0.15) is 0 Å². The number of aliphatic hydroxyl groups excluding tert-OH is 1. The highest BCUT2D eigenvalue weighted by Crippen LogP contribution is 2.27. The summed E-state index contributed by atoms with van der Waals surface area (Å²) in [6.45, 7) is 6.59. The summed E-state index contributed by atoms with van der Waals surface area (Å²) in [6, 6.07) is 18.5. The molecule has 2 aromatic rings. The number of benzene rings is 2. The van der Waals surface area contributed by atoms with Crippen LogP contribution in [0.15, 0.2) is 59.5 Å². The van der Waals surface area contributed by atoms with Crippen molar-refractivity contribution < 1.29 is 5.11 Å². The van der Waals surface area contributed by atoms with E-state index < -0.39 is 6.10 Å². The Bertz CT molecular complexity index is 526. The molecule has 0 aliphatic carbocycles. The molecule has 0 radical (unpaired) electrons. The lowest BCUT2D eigenvalue weighted by Gasteiger charge is -2.20. The summed E-state index contributed by atoms with van der Waals surface area (Å²) < 4.78 is 0. The summed E-state index contributed by atoms with van der Waals surface area (Å²) in [6.07, 6.45) is -0.422. The van der Waals surface area contributed by atoms with Gasteiger partial charge in [-0.3, -0.25) is 0 Å². The van der Waals surface area contributed by atoms with Crippen LogP contribution in [0.2, 0.25) is 0 Å². The molecule has 20 heavy (non-hydrogen) atoms. The van der Waals surface area contributed by atoms with E-state index in [0.717, 1.165) is 5.56 Å². The number of rotatable bonds is 4. The van der Waals surface area contributed by atoms with Gasteiger partial charge in [-0.25, -0.2) is 0 Å². The monoisotopic (exact) mass is 286 g/mol. The zero-order valence-corrected chi connectivity index (χ0v) is 13.2. The Balaban J connectivity index is 1.97. The van der Waals surface area contributed by atoms with E-state index in [-0.39, 0.29) is 5.41 Å². The van der Waals surface area contributed by atoms with Crippen LogP contribution < -0.4 is 0 Å². The zero-order valence-electron chi connectivity index (χ0n) is 12.3. The van der Waals surface area contributed by atoms with Crippen LogP contribution in [0.4, 0.5) is 0 Å². The fraction of sp³-hybridized carbons (Fsp3) is 0.333. The third kappa shape index (κ3) is 4.12. The van der Waals surface area contributed by atoms with Gasteiger partial charge in [0.15, 0.2) is 0 Å². The Kier molecular flexibility index (Phi) is 4.90. The lowest BCUT2D eigenvalue weighted by Crippen LogP contribution is -2.11. The maximum absolute atomic E-state index is 10.3. The molecule has 0 aliphatic heterocycles. The minimum atomic E-state index is -0.422. The first-order chi connectivity index (χ1) is 9.47. The van der Waals surface area contributed by atoms with Crippen molar-refractivity contribution in [3.8, 4) is 0 Å². The molecule has 0 heterocycles. The molecule has 1 N–H and O–H groups in total. The van der Waals surface area contributed by atoms with Crippen molar-refractivity contribution in [1.29, 1.82) is 0 Å². The summed E-state index contributed by atoms with van der Waals surface area (Å²) in [4.78, 5) is 1.19. The molecule has 0 aliphatic rings. The van der Waals surface area contributed by atoms with Gasteiger partial charge < -0.3 is 5.11 Å². The predicted octanol–water partition coefficient (Wildman–Crippen LogP) is 4.81. The summed E-state index contributed by atoms with van der Waals surface area (Å²) in [5.74, 6) is 0.679. The lowest BCUT2D eigenvalue weighted by molar-refractivity contribution is 0.204. The molecule has 1 atom stereocenters. The minimum absolute atomic E-state index is 0.155. The fourth-order valence-corrected chi connectivity index (χ4v) is 2.89. The van der Waals surface area contributed by atoms with Crippen LogP contribution in [0.3, 0.4) is 0 Å². The number of hydrogen-bond acceptors (Lipinski definition) is 2. The average molecular weight is 286 g/mol. The molecular weight excluding hydrogens is 264 g/mol. The van der Waals surface area contributed by atoms with Crippen LogP contribution in [0.25, 0.3) is 0 Å². The Morgan fingerprint density at radius 3 is 2.10 bits per heavy atom. The molecular formula is C18H22OS. The molecule has 2 heteroatoms. The van der Waals surface area contributed by atoms with E-state index in [9.17, 15) is 5.11 Å². The highest BCUT2D eigenvalue weighted by molar-refractivity contribution is 7.99. The van der Waals surface area contributed by atoms with Crippen LogP contribution in [0.1, 0.15) is 38.0 Å². The number of thioether (sulfide) groups is 1. The molecule has 0 spiro atoms. The minimum Gasteiger partial charge on any atom is -0.388 e. The van der Waals surface area contributed by atoms with Gasteiger partial charge >= 0.3 is 0 Å². The Hall–Kier alpha value is -1.25. The zero-order chi connectivity index (χ0) is 14.6. The van der Waals surface area contributed by atoms with Crippen molar-refractivity contribution in [3.05, 3.63) is 65.7 Å². The van der Waals surface area contributed by atoms with Gasteiger partial charge in [0.1, 0.15) is 0 Å². The topological polar surface area (TPSA) is 20.2 Å². The highest BCUT2D eigenvalue weighted by Gasteiger charge is 2.14. The van der Waals surface area contributed by atoms with Crippen molar-refractivity contribution in [2.24, 2.45) is 0 Å². The van der Waals surface area contributed by atoms with Gasteiger partial charge in [-0.05, 0) is 28.7 Å². The van der Waals surface area contributed by atoms with Crippen molar-refractivity contribution in [2.45, 2.75) is 37.2 Å². The van der Waals surface area contributed by atoms with E-state index in [4.69, 9.17) is 0 Å². The molecule has 1 nitrogen and oxygen atoms in total. The third-order valence-corrected chi connectivity index (χ3v) is 4.40. The van der Waals surface area contributed by atoms with Gasteiger partial charge in [0.2, 0.25) is 0 Å². The van der Waals surface area contributed by atoms with Crippen molar-refractivity contribution in [3.63, 3.8) is 0 Å². The molecule has 2 rings (SSSR count). The molecule has 0 fully saturated rings. The maximum atomic E-state index is 10.3. The number of hydrogen-bond donors (Lipinski definition) is 1. The van der Waals surface area contributed by atoms with Gasteiger partial charge in [-0.1, -0.05) is 63.2 Å². The number of aliphatic hydroxyl groups is 1. The van der Waals surface area contributed by atoms with Crippen molar-refractivity contribution in [1.82, 2.24) is 0 Å². The Morgan fingerprint density at radius 2 is 1.55 bits per heavy atom. The van der Waals surface area contributed by atoms with Gasteiger partial charge in [0.05, 0.1) is 6.10 Å². The van der Waals surface area contributed by atoms with E-state index in [2.05, 4.69) is 45.0 Å². The van der Waals surface area contributed by atoms with Crippen LogP contribution in [0.5, 0.6) is 0 Å². The van der Waals surface area contributed by atoms with E-state index in [1.54, 1.807) is 11.8 Å². The van der Waals surface area contributed by atoms with Crippen LogP contribution >= 0.6 is 11.8 Å². The lowest BCUT2D eigenvalue weighted by atomic mass is 9.86. The van der Waals surface area contributed by atoms with Crippen LogP contribution in [-0.2, 0) is 5.41 Å². The quantitative estimate of drug-likeness (QED) is 0.814. The van der Waals surface area contributed by atoms with E-state index >= 15 is 0 Å². The molecule has 0 saturated heterocycles. The van der Waals surface area contributed by atoms with Crippen molar-refractivity contribution in [2.75, 3.05) is 5.75 Å². The molecule has 0 amide bonds. The SMILES string of the molecule is CC(C)(C)c1ccc(C(O)CSc2ccccc2)cc1. The molecule has 1 unspecified atom stereocenters. The highest BCUT2D eigenvalue weighted by atomic mass is 32.2. The first kappa shape index (κ1) is 15.1. The molecule has 0 saturated carbocycles. The van der Waals surface area contributed by atoms with Gasteiger partial charge in [0, 0.05) is 10.6 Å².